The number of aliphatic hydroxyl groups is 1. The van der Waals surface area contributed by atoms with Crippen molar-refractivity contribution in [3.8, 4) is 0 Å². The summed E-state index contributed by atoms with van der Waals surface area (Å²) in [7, 11) is 0. The zero-order chi connectivity index (χ0) is 41.2. The van der Waals surface area contributed by atoms with E-state index in [1.807, 2.05) is 0 Å². The topological polar surface area (TPSA) is 55.8 Å². The number of esters is 1. The quantitative estimate of drug-likeness (QED) is 0.0383. The summed E-state index contributed by atoms with van der Waals surface area (Å²) in [6.45, 7) is 4.99. The molecule has 1 N–H and O–H groups in total. The first kappa shape index (κ1) is 53.3. The third-order valence-electron chi connectivity index (χ3n) is 8.66. The molecule has 0 fully saturated rings. The molecule has 318 valence electrons. The number of hydrogen-bond donors (Lipinski definition) is 1. The zero-order valence-corrected chi connectivity index (χ0v) is 36.3. The summed E-state index contributed by atoms with van der Waals surface area (Å²) in [5, 5.41) is 9.61. The predicted octanol–water partition coefficient (Wildman–Crippen LogP) is 15.2. The van der Waals surface area contributed by atoms with Crippen molar-refractivity contribution in [3.05, 3.63) is 146 Å². The van der Waals surface area contributed by atoms with Crippen LogP contribution in [0.5, 0.6) is 0 Å². The van der Waals surface area contributed by atoms with Gasteiger partial charge in [0.15, 0.2) is 0 Å². The van der Waals surface area contributed by atoms with Crippen LogP contribution < -0.4 is 0 Å². The van der Waals surface area contributed by atoms with Crippen LogP contribution in [0.2, 0.25) is 0 Å². The second-order valence-electron chi connectivity index (χ2n) is 14.0. The number of carbonyl (C=O) groups excluding carboxylic acids is 1. The Morgan fingerprint density at radius 3 is 1.09 bits per heavy atom. The molecule has 0 bridgehead atoms. The van der Waals surface area contributed by atoms with Crippen LogP contribution in [0, 0.1) is 0 Å². The summed E-state index contributed by atoms with van der Waals surface area (Å²) in [6.07, 6.45) is 74.8. The largest absolute Gasteiger partial charge is 0.457 e. The van der Waals surface area contributed by atoms with Gasteiger partial charge in [0.25, 0.3) is 0 Å². The Kier molecular flexibility index (Phi) is 45.3. The van der Waals surface area contributed by atoms with E-state index in [4.69, 9.17) is 9.47 Å². The van der Waals surface area contributed by atoms with E-state index < -0.39 is 6.10 Å². The van der Waals surface area contributed by atoms with Gasteiger partial charge in [0.2, 0.25) is 0 Å². The Balaban J connectivity index is 3.64. The van der Waals surface area contributed by atoms with Crippen LogP contribution in [0.4, 0.5) is 0 Å². The van der Waals surface area contributed by atoms with Gasteiger partial charge in [-0.1, -0.05) is 179 Å². The highest BCUT2D eigenvalue weighted by Crippen LogP contribution is 2.08. The van der Waals surface area contributed by atoms with Crippen LogP contribution in [0.25, 0.3) is 0 Å². The molecule has 0 rings (SSSR count). The van der Waals surface area contributed by atoms with Crippen molar-refractivity contribution in [1.29, 1.82) is 0 Å². The third kappa shape index (κ3) is 46.5. The van der Waals surface area contributed by atoms with Gasteiger partial charge in [0, 0.05) is 13.0 Å². The van der Waals surface area contributed by atoms with Crippen molar-refractivity contribution in [1.82, 2.24) is 0 Å². The van der Waals surface area contributed by atoms with Gasteiger partial charge >= 0.3 is 5.97 Å². The maximum atomic E-state index is 12.2. The highest BCUT2D eigenvalue weighted by atomic mass is 16.6. The lowest BCUT2D eigenvalue weighted by Gasteiger charge is -2.15. The lowest BCUT2D eigenvalue weighted by Crippen LogP contribution is -2.27. The van der Waals surface area contributed by atoms with Gasteiger partial charge in [-0.15, -0.1) is 0 Å². The molecule has 0 amide bonds. The van der Waals surface area contributed by atoms with Gasteiger partial charge < -0.3 is 14.6 Å². The second kappa shape index (κ2) is 48.4. The molecule has 4 nitrogen and oxygen atoms in total. The highest BCUT2D eigenvalue weighted by Gasteiger charge is 2.13. The van der Waals surface area contributed by atoms with E-state index in [-0.39, 0.29) is 19.2 Å². The molecule has 0 aromatic rings. The van der Waals surface area contributed by atoms with Crippen molar-refractivity contribution in [3.63, 3.8) is 0 Å². The molecule has 0 aliphatic carbocycles. The Hall–Kier alpha value is -3.73. The minimum absolute atomic E-state index is 0.208. The molecule has 0 heterocycles. The number of aliphatic hydroxyl groups excluding tert-OH is 1. The Bertz CT molecular complexity index is 1230. The summed E-state index contributed by atoms with van der Waals surface area (Å²) in [6, 6.07) is 0. The third-order valence-corrected chi connectivity index (χ3v) is 8.66. The van der Waals surface area contributed by atoms with Crippen molar-refractivity contribution in [2.45, 2.75) is 161 Å². The van der Waals surface area contributed by atoms with Gasteiger partial charge in [-0.05, 0) is 116 Å². The summed E-state index contributed by atoms with van der Waals surface area (Å²) in [5.41, 5.74) is 0. The molecule has 0 spiro atoms. The van der Waals surface area contributed by atoms with Gasteiger partial charge in [-0.25, -0.2) is 0 Å². The number of rotatable bonds is 39. The molecule has 0 aromatic heterocycles. The fraction of sp³-hybridized carbons (Fsp3) is 0.528. The van der Waals surface area contributed by atoms with Gasteiger partial charge in [0.1, 0.15) is 6.10 Å². The lowest BCUT2D eigenvalue weighted by atomic mass is 10.1. The van der Waals surface area contributed by atoms with Crippen LogP contribution in [0.1, 0.15) is 155 Å². The van der Waals surface area contributed by atoms with Crippen LogP contribution in [0.3, 0.4) is 0 Å². The maximum Gasteiger partial charge on any atom is 0.306 e. The molecule has 1 atom stereocenters. The normalized spacial score (nSPS) is 13.8. The molecule has 0 aliphatic rings. The molecule has 1 unspecified atom stereocenters. The van der Waals surface area contributed by atoms with Crippen molar-refractivity contribution in [2.24, 2.45) is 0 Å². The summed E-state index contributed by atoms with van der Waals surface area (Å²) in [4.78, 5) is 12.2. The van der Waals surface area contributed by atoms with Crippen LogP contribution in [-0.4, -0.2) is 37.0 Å². The van der Waals surface area contributed by atoms with E-state index in [0.717, 1.165) is 122 Å². The van der Waals surface area contributed by atoms with Crippen molar-refractivity contribution >= 4 is 5.97 Å². The zero-order valence-electron chi connectivity index (χ0n) is 36.3. The summed E-state index contributed by atoms with van der Waals surface area (Å²) in [5.74, 6) is -0.249. The summed E-state index contributed by atoms with van der Waals surface area (Å²) < 4.78 is 11.1. The van der Waals surface area contributed by atoms with E-state index in [0.29, 0.717) is 13.0 Å². The minimum Gasteiger partial charge on any atom is -0.457 e. The molecule has 0 aliphatic heterocycles. The molecular weight excluding hydrogens is 701 g/mol. The Morgan fingerprint density at radius 2 is 0.737 bits per heavy atom. The smallest absolute Gasteiger partial charge is 0.306 e. The predicted molar refractivity (Wildman–Crippen MR) is 250 cm³/mol. The molecule has 0 radical (unpaired) electrons. The SMILES string of the molecule is CC/C=C\C/C=C\C/C=C\C/C=C\C/C=C\C/C=C\C/C=C\CCCCCCOCC(CO)OC(=O)CCCCC/C=C\C/C=C\C/C=C\C/C=C\C/C=C\CC. The number of carbonyl (C=O) groups is 1. The number of unbranched alkanes of at least 4 members (excludes halogenated alkanes) is 7. The average Bonchev–Trinajstić information content (AvgIpc) is 3.22. The van der Waals surface area contributed by atoms with Crippen LogP contribution in [-0.2, 0) is 14.3 Å². The number of ether oxygens (including phenoxy) is 2. The van der Waals surface area contributed by atoms with Crippen molar-refractivity contribution in [2.75, 3.05) is 19.8 Å². The molecule has 0 saturated carbocycles. The van der Waals surface area contributed by atoms with Gasteiger partial charge in [0.05, 0.1) is 13.2 Å². The standard InChI is InChI=1S/C53H82O4/c1-3-5-7-9-11-13-15-17-19-21-23-24-25-26-27-28-29-31-33-35-37-39-41-43-45-47-49-56-51-52(50-54)57-53(55)48-46-44-42-40-38-36-34-32-30-22-20-18-16-14-12-10-8-6-4-2/h5-8,11-14,17-20,23-24,26-27,29-32,35-38,52,54H,3-4,9-10,15-16,21-22,25,28,33-34,39-51H2,1-2H3/b7-5-,8-6-,13-11-,14-12-,19-17-,20-18-,24-23-,27-26-,31-29-,32-30-,37-35-,38-36-. The van der Waals surface area contributed by atoms with E-state index in [2.05, 4.69) is 160 Å². The van der Waals surface area contributed by atoms with Crippen LogP contribution >= 0.6 is 0 Å². The number of allylic oxidation sites excluding steroid dienone is 24. The first-order chi connectivity index (χ1) is 28.2. The Labute approximate surface area is 351 Å². The van der Waals surface area contributed by atoms with E-state index in [1.165, 1.54) is 12.8 Å². The average molecular weight is 783 g/mol. The first-order valence-electron chi connectivity index (χ1n) is 22.4. The molecule has 0 saturated heterocycles. The molecule has 57 heavy (non-hydrogen) atoms. The van der Waals surface area contributed by atoms with Crippen LogP contribution in [0.15, 0.2) is 146 Å². The molecular formula is C53H82O4. The first-order valence-corrected chi connectivity index (χ1v) is 22.4. The summed E-state index contributed by atoms with van der Waals surface area (Å²) >= 11 is 0. The lowest BCUT2D eigenvalue weighted by molar-refractivity contribution is -0.154. The van der Waals surface area contributed by atoms with Crippen molar-refractivity contribution < 1.29 is 19.4 Å². The second-order valence-corrected chi connectivity index (χ2v) is 14.0. The minimum atomic E-state index is -0.579. The molecule has 0 aromatic carbocycles. The maximum absolute atomic E-state index is 12.2. The van der Waals surface area contributed by atoms with E-state index in [1.54, 1.807) is 0 Å². The Morgan fingerprint density at radius 1 is 0.421 bits per heavy atom. The van der Waals surface area contributed by atoms with Gasteiger partial charge in [-0.2, -0.15) is 0 Å². The monoisotopic (exact) mass is 783 g/mol. The van der Waals surface area contributed by atoms with E-state index >= 15 is 0 Å². The fourth-order valence-electron chi connectivity index (χ4n) is 5.39. The van der Waals surface area contributed by atoms with Gasteiger partial charge in [-0.3, -0.25) is 4.79 Å². The highest BCUT2D eigenvalue weighted by molar-refractivity contribution is 5.69. The fourth-order valence-corrected chi connectivity index (χ4v) is 5.39. The number of hydrogen-bond acceptors (Lipinski definition) is 4. The molecule has 4 heteroatoms. The van der Waals surface area contributed by atoms with E-state index in [9.17, 15) is 9.90 Å².